The minimum atomic E-state index is -0.602. The van der Waals surface area contributed by atoms with Gasteiger partial charge >= 0.3 is 0 Å². The number of nitrogens with zero attached hydrogens (tertiary/aromatic N) is 3. The highest BCUT2D eigenvalue weighted by Gasteiger charge is 2.17. The highest BCUT2D eigenvalue weighted by molar-refractivity contribution is 8.01. The number of rotatable bonds is 5. The van der Waals surface area contributed by atoms with Crippen LogP contribution in [-0.4, -0.2) is 36.5 Å². The zero-order valence-electron chi connectivity index (χ0n) is 11.8. The molecule has 1 atom stereocenters. The van der Waals surface area contributed by atoms with Gasteiger partial charge in [-0.25, -0.2) is 0 Å². The van der Waals surface area contributed by atoms with Crippen LogP contribution in [0.15, 0.2) is 27.4 Å². The monoisotopic (exact) mass is 311 g/mol. The molecule has 0 aliphatic rings. The summed E-state index contributed by atoms with van der Waals surface area (Å²) in [4.78, 5) is 2.85. The number of methoxy groups -OCH3 is 1. The zero-order valence-corrected chi connectivity index (χ0v) is 13.5. The fraction of sp³-hybridized carbons (Fsp3) is 0.385. The zero-order chi connectivity index (χ0) is 14.7. The molecule has 1 unspecified atom stereocenters. The lowest BCUT2D eigenvalue weighted by molar-refractivity contribution is 0.191. The van der Waals surface area contributed by atoms with Crippen LogP contribution in [-0.2, 0) is 0 Å². The van der Waals surface area contributed by atoms with Gasteiger partial charge in [0.1, 0.15) is 5.75 Å². The number of aliphatic hydroxyl groups is 1. The Kier molecular flexibility index (Phi) is 4.85. The summed E-state index contributed by atoms with van der Waals surface area (Å²) in [7, 11) is 5.47. The largest absolute Gasteiger partial charge is 0.496 e. The molecule has 0 aliphatic carbocycles. The predicted molar refractivity (Wildman–Crippen MR) is 82.0 cm³/mol. The van der Waals surface area contributed by atoms with Gasteiger partial charge in [-0.1, -0.05) is 29.2 Å². The highest BCUT2D eigenvalue weighted by Crippen LogP contribution is 2.40. The molecule has 20 heavy (non-hydrogen) atoms. The van der Waals surface area contributed by atoms with E-state index >= 15 is 0 Å². The summed E-state index contributed by atoms with van der Waals surface area (Å²) in [6.45, 7) is 1.73. The highest BCUT2D eigenvalue weighted by atomic mass is 32.2. The van der Waals surface area contributed by atoms with Crippen LogP contribution in [0.5, 0.6) is 5.75 Å². The maximum Gasteiger partial charge on any atom is 0.208 e. The number of hydrogen-bond acceptors (Lipinski definition) is 7. The number of aliphatic hydroxyl groups excluding tert-OH is 1. The first kappa shape index (κ1) is 15.1. The summed E-state index contributed by atoms with van der Waals surface area (Å²) in [6.07, 6.45) is -0.602. The second-order valence-electron chi connectivity index (χ2n) is 4.40. The second kappa shape index (κ2) is 6.43. The Labute approximate surface area is 126 Å². The van der Waals surface area contributed by atoms with Crippen molar-refractivity contribution in [2.45, 2.75) is 22.3 Å². The van der Waals surface area contributed by atoms with Gasteiger partial charge in [-0.3, -0.25) is 0 Å². The summed E-state index contributed by atoms with van der Waals surface area (Å²) >= 11 is 3.00. The van der Waals surface area contributed by atoms with Gasteiger partial charge in [0.15, 0.2) is 4.34 Å². The van der Waals surface area contributed by atoms with Gasteiger partial charge in [0.2, 0.25) is 5.13 Å². The van der Waals surface area contributed by atoms with E-state index in [0.29, 0.717) is 5.75 Å². The summed E-state index contributed by atoms with van der Waals surface area (Å²) in [5.74, 6) is 0.683. The summed E-state index contributed by atoms with van der Waals surface area (Å²) in [6, 6.07) is 5.70. The Morgan fingerprint density at radius 3 is 2.65 bits per heavy atom. The topological polar surface area (TPSA) is 58.5 Å². The summed E-state index contributed by atoms with van der Waals surface area (Å²) in [5.41, 5.74) is 0.779. The van der Waals surface area contributed by atoms with Crippen LogP contribution >= 0.6 is 23.1 Å². The van der Waals surface area contributed by atoms with Crippen molar-refractivity contribution < 1.29 is 9.84 Å². The minimum Gasteiger partial charge on any atom is -0.496 e. The number of anilines is 1. The van der Waals surface area contributed by atoms with E-state index < -0.39 is 6.10 Å². The van der Waals surface area contributed by atoms with Crippen molar-refractivity contribution in [3.63, 3.8) is 0 Å². The van der Waals surface area contributed by atoms with Crippen LogP contribution in [0.2, 0.25) is 0 Å². The Balaban J connectivity index is 2.32. The fourth-order valence-corrected chi connectivity index (χ4v) is 3.68. The van der Waals surface area contributed by atoms with E-state index in [9.17, 15) is 5.11 Å². The molecular formula is C13H17N3O2S2. The number of aromatic nitrogens is 2. The van der Waals surface area contributed by atoms with Gasteiger partial charge in [-0.15, -0.1) is 10.2 Å². The molecule has 7 heteroatoms. The van der Waals surface area contributed by atoms with Crippen molar-refractivity contribution in [3.05, 3.63) is 23.8 Å². The van der Waals surface area contributed by atoms with E-state index in [1.54, 1.807) is 14.0 Å². The van der Waals surface area contributed by atoms with Gasteiger partial charge in [0.25, 0.3) is 0 Å². The molecule has 0 saturated heterocycles. The van der Waals surface area contributed by atoms with Gasteiger partial charge in [-0.05, 0) is 19.1 Å². The summed E-state index contributed by atoms with van der Waals surface area (Å²) < 4.78 is 6.15. The van der Waals surface area contributed by atoms with E-state index in [1.807, 2.05) is 37.2 Å². The molecule has 5 nitrogen and oxygen atoms in total. The lowest BCUT2D eigenvalue weighted by Gasteiger charge is -2.14. The normalized spacial score (nSPS) is 12.2. The van der Waals surface area contributed by atoms with Gasteiger partial charge in [0, 0.05) is 24.6 Å². The molecule has 0 saturated carbocycles. The van der Waals surface area contributed by atoms with E-state index in [0.717, 1.165) is 19.9 Å². The molecule has 1 N–H and O–H groups in total. The van der Waals surface area contributed by atoms with Crippen LogP contribution in [0, 0.1) is 0 Å². The van der Waals surface area contributed by atoms with Crippen molar-refractivity contribution in [1.82, 2.24) is 10.2 Å². The van der Waals surface area contributed by atoms with E-state index in [1.165, 1.54) is 23.1 Å². The standard InChI is InChI=1S/C13H17N3O2S2/c1-8(17)11-9(18-4)6-5-7-10(11)19-13-15-14-12(20-13)16(2)3/h5-8,17H,1-4H3. The van der Waals surface area contributed by atoms with E-state index in [-0.39, 0.29) is 0 Å². The molecule has 2 rings (SSSR count). The fourth-order valence-electron chi connectivity index (χ4n) is 1.72. The average Bonchev–Trinajstić information content (AvgIpc) is 2.86. The predicted octanol–water partition coefficient (Wildman–Crippen LogP) is 2.82. The van der Waals surface area contributed by atoms with Crippen molar-refractivity contribution >= 4 is 28.2 Å². The molecule has 1 heterocycles. The molecule has 108 valence electrons. The molecule has 0 amide bonds. The molecule has 0 fully saturated rings. The Bertz CT molecular complexity index is 585. The third kappa shape index (κ3) is 3.23. The van der Waals surface area contributed by atoms with Crippen molar-refractivity contribution in [2.75, 3.05) is 26.1 Å². The molecule has 0 radical (unpaired) electrons. The molecule has 0 bridgehead atoms. The van der Waals surface area contributed by atoms with E-state index in [2.05, 4.69) is 10.2 Å². The van der Waals surface area contributed by atoms with Gasteiger partial charge in [-0.2, -0.15) is 0 Å². The number of benzene rings is 1. The summed E-state index contributed by atoms with van der Waals surface area (Å²) in [5, 5.41) is 19.1. The minimum absolute atomic E-state index is 0.602. The maximum absolute atomic E-state index is 9.95. The lowest BCUT2D eigenvalue weighted by Crippen LogP contribution is -2.07. The van der Waals surface area contributed by atoms with Crippen LogP contribution in [0.3, 0.4) is 0 Å². The van der Waals surface area contributed by atoms with Crippen LogP contribution in [0.1, 0.15) is 18.6 Å². The first-order chi connectivity index (χ1) is 9.52. The van der Waals surface area contributed by atoms with Gasteiger partial charge < -0.3 is 14.7 Å². The number of ether oxygens (including phenoxy) is 1. The Morgan fingerprint density at radius 2 is 2.10 bits per heavy atom. The molecule has 2 aromatic rings. The number of hydrogen-bond donors (Lipinski definition) is 1. The first-order valence-electron chi connectivity index (χ1n) is 6.06. The van der Waals surface area contributed by atoms with E-state index in [4.69, 9.17) is 4.74 Å². The smallest absolute Gasteiger partial charge is 0.208 e. The molecule has 1 aromatic carbocycles. The third-order valence-corrected chi connectivity index (χ3v) is 4.86. The van der Waals surface area contributed by atoms with Gasteiger partial charge in [0.05, 0.1) is 13.2 Å². The first-order valence-corrected chi connectivity index (χ1v) is 7.70. The maximum atomic E-state index is 9.95. The quantitative estimate of drug-likeness (QED) is 0.916. The Hall–Kier alpha value is -1.31. The SMILES string of the molecule is COc1cccc(Sc2nnc(N(C)C)s2)c1C(C)O. The third-order valence-electron chi connectivity index (χ3n) is 2.64. The molecule has 1 aromatic heterocycles. The van der Waals surface area contributed by atoms with Crippen LogP contribution in [0.25, 0.3) is 0 Å². The molecule has 0 aliphatic heterocycles. The van der Waals surface area contributed by atoms with Crippen molar-refractivity contribution in [1.29, 1.82) is 0 Å². The van der Waals surface area contributed by atoms with Crippen LogP contribution in [0.4, 0.5) is 5.13 Å². The van der Waals surface area contributed by atoms with Crippen LogP contribution < -0.4 is 9.64 Å². The second-order valence-corrected chi connectivity index (χ2v) is 6.64. The Morgan fingerprint density at radius 1 is 1.35 bits per heavy atom. The molecule has 0 spiro atoms. The van der Waals surface area contributed by atoms with Crippen molar-refractivity contribution in [2.24, 2.45) is 0 Å². The lowest BCUT2D eigenvalue weighted by atomic mass is 10.1. The van der Waals surface area contributed by atoms with Crippen molar-refractivity contribution in [3.8, 4) is 5.75 Å². The average molecular weight is 311 g/mol. The molecular weight excluding hydrogens is 294 g/mol.